The molecule has 0 saturated carbocycles. The van der Waals surface area contributed by atoms with Crippen molar-refractivity contribution in [3.8, 4) is 0 Å². The third kappa shape index (κ3) is 4.34. The van der Waals surface area contributed by atoms with Crippen LogP contribution >= 0.6 is 0 Å². The monoisotopic (exact) mass is 423 g/mol. The van der Waals surface area contributed by atoms with Crippen LogP contribution in [0, 0.1) is 5.92 Å². The van der Waals surface area contributed by atoms with Crippen molar-refractivity contribution in [1.82, 2.24) is 20.1 Å². The maximum absolute atomic E-state index is 12.3. The van der Waals surface area contributed by atoms with Gasteiger partial charge in [0.2, 0.25) is 5.91 Å². The van der Waals surface area contributed by atoms with Gasteiger partial charge >= 0.3 is 6.03 Å². The summed E-state index contributed by atoms with van der Waals surface area (Å²) in [5.74, 6) is 0.700. The molecule has 2 aromatic rings. The number of imide groups is 1. The molecule has 3 fully saturated rings. The van der Waals surface area contributed by atoms with Crippen LogP contribution in [-0.4, -0.2) is 60.7 Å². The minimum absolute atomic E-state index is 0.196. The fourth-order valence-electron chi connectivity index (χ4n) is 5.48. The lowest BCUT2D eigenvalue weighted by molar-refractivity contribution is -0.120. The van der Waals surface area contributed by atoms with Gasteiger partial charge in [0.05, 0.1) is 11.2 Å². The molecule has 0 radical (unpaired) electrons. The van der Waals surface area contributed by atoms with E-state index in [0.717, 1.165) is 30.1 Å². The SMILES string of the molecule is O=C1CCN(c2cccc3c2ccn3C2CCN(CCC3CCNCC3)CC2)C(=O)N1. The number of piperidine rings is 2. The Balaban J connectivity index is 1.24. The first-order chi connectivity index (χ1) is 15.2. The number of urea groups is 1. The van der Waals surface area contributed by atoms with Crippen molar-refractivity contribution >= 4 is 28.5 Å². The summed E-state index contributed by atoms with van der Waals surface area (Å²) in [6.45, 7) is 6.36. The number of hydrogen-bond acceptors (Lipinski definition) is 4. The number of nitrogens with one attached hydrogen (secondary N) is 2. The number of likely N-dealkylation sites (tertiary alicyclic amines) is 1. The van der Waals surface area contributed by atoms with Crippen molar-refractivity contribution in [2.75, 3.05) is 44.2 Å². The summed E-state index contributed by atoms with van der Waals surface area (Å²) >= 11 is 0. The second-order valence-electron chi connectivity index (χ2n) is 9.24. The molecule has 3 saturated heterocycles. The van der Waals surface area contributed by atoms with E-state index in [9.17, 15) is 9.59 Å². The zero-order chi connectivity index (χ0) is 21.2. The lowest BCUT2D eigenvalue weighted by atomic mass is 9.94. The lowest BCUT2D eigenvalue weighted by Gasteiger charge is -2.34. The third-order valence-corrected chi connectivity index (χ3v) is 7.35. The van der Waals surface area contributed by atoms with Crippen molar-refractivity contribution in [3.05, 3.63) is 30.5 Å². The number of carbonyl (C=O) groups is 2. The zero-order valence-corrected chi connectivity index (χ0v) is 18.2. The quantitative estimate of drug-likeness (QED) is 0.775. The number of fused-ring (bicyclic) bond motifs is 1. The lowest BCUT2D eigenvalue weighted by Crippen LogP contribution is -2.49. The Bertz CT molecular complexity index is 941. The number of amides is 3. The van der Waals surface area contributed by atoms with Gasteiger partial charge in [-0.15, -0.1) is 0 Å². The van der Waals surface area contributed by atoms with Gasteiger partial charge in [-0.1, -0.05) is 6.07 Å². The summed E-state index contributed by atoms with van der Waals surface area (Å²) in [6.07, 6.45) is 8.85. The predicted molar refractivity (Wildman–Crippen MR) is 122 cm³/mol. The Morgan fingerprint density at radius 2 is 1.77 bits per heavy atom. The van der Waals surface area contributed by atoms with Gasteiger partial charge in [0.25, 0.3) is 0 Å². The normalized spacial score (nSPS) is 22.3. The van der Waals surface area contributed by atoms with Crippen LogP contribution in [0.2, 0.25) is 0 Å². The standard InChI is InChI=1S/C24H33N5O2/c30-23-10-17-29(24(31)26-23)22-3-1-2-21-20(22)9-16-28(21)19-7-14-27(15-8-19)13-6-18-4-11-25-12-5-18/h1-3,9,16,18-19,25H,4-8,10-15,17H2,(H,26,30,31). The molecule has 7 heteroatoms. The van der Waals surface area contributed by atoms with Crippen molar-refractivity contribution in [3.63, 3.8) is 0 Å². The van der Waals surface area contributed by atoms with Crippen LogP contribution in [0.4, 0.5) is 10.5 Å². The van der Waals surface area contributed by atoms with Crippen LogP contribution in [0.25, 0.3) is 10.9 Å². The molecule has 31 heavy (non-hydrogen) atoms. The Hall–Kier alpha value is -2.38. The predicted octanol–water partition coefficient (Wildman–Crippen LogP) is 3.11. The second kappa shape index (κ2) is 9.01. The van der Waals surface area contributed by atoms with E-state index in [1.807, 2.05) is 12.1 Å². The van der Waals surface area contributed by atoms with E-state index in [2.05, 4.69) is 38.4 Å². The summed E-state index contributed by atoms with van der Waals surface area (Å²) in [6, 6.07) is 8.45. The van der Waals surface area contributed by atoms with Gasteiger partial charge in [-0.3, -0.25) is 15.0 Å². The van der Waals surface area contributed by atoms with Gasteiger partial charge in [-0.2, -0.15) is 0 Å². The van der Waals surface area contributed by atoms with E-state index in [1.54, 1.807) is 4.90 Å². The molecule has 0 spiro atoms. The number of anilines is 1. The highest BCUT2D eigenvalue weighted by atomic mass is 16.2. The molecule has 0 bridgehead atoms. The van der Waals surface area contributed by atoms with Gasteiger partial charge in [-0.25, -0.2) is 4.79 Å². The molecule has 1 aromatic heterocycles. The van der Waals surface area contributed by atoms with E-state index < -0.39 is 0 Å². The molecule has 2 N–H and O–H groups in total. The summed E-state index contributed by atoms with van der Waals surface area (Å²) in [4.78, 5) is 28.2. The number of aromatic nitrogens is 1. The number of benzene rings is 1. The molecular formula is C24H33N5O2. The van der Waals surface area contributed by atoms with Crippen molar-refractivity contribution in [1.29, 1.82) is 0 Å². The maximum atomic E-state index is 12.3. The van der Waals surface area contributed by atoms with E-state index >= 15 is 0 Å². The van der Waals surface area contributed by atoms with Gasteiger partial charge in [0.1, 0.15) is 0 Å². The van der Waals surface area contributed by atoms with E-state index in [1.165, 1.54) is 57.3 Å². The van der Waals surface area contributed by atoms with Gasteiger partial charge in [0, 0.05) is 43.7 Å². The number of rotatable bonds is 5. The molecule has 3 amide bonds. The topological polar surface area (TPSA) is 69.6 Å². The Kier molecular flexibility index (Phi) is 5.96. The molecule has 7 nitrogen and oxygen atoms in total. The van der Waals surface area contributed by atoms with Crippen molar-refractivity contribution in [2.45, 2.75) is 44.6 Å². The first kappa shape index (κ1) is 20.5. The van der Waals surface area contributed by atoms with E-state index in [0.29, 0.717) is 19.0 Å². The smallest absolute Gasteiger partial charge is 0.328 e. The first-order valence-electron chi connectivity index (χ1n) is 11.8. The van der Waals surface area contributed by atoms with Crippen molar-refractivity contribution < 1.29 is 9.59 Å². The summed E-state index contributed by atoms with van der Waals surface area (Å²) in [5, 5.41) is 6.98. The first-order valence-corrected chi connectivity index (χ1v) is 11.8. The van der Waals surface area contributed by atoms with Gasteiger partial charge in [0.15, 0.2) is 0 Å². The Morgan fingerprint density at radius 1 is 0.968 bits per heavy atom. The third-order valence-electron chi connectivity index (χ3n) is 7.35. The number of carbonyl (C=O) groups excluding carboxylic acids is 2. The molecular weight excluding hydrogens is 390 g/mol. The average molecular weight is 424 g/mol. The number of hydrogen-bond donors (Lipinski definition) is 2. The molecule has 3 aliphatic rings. The molecule has 0 unspecified atom stereocenters. The van der Waals surface area contributed by atoms with Crippen molar-refractivity contribution in [2.24, 2.45) is 5.92 Å². The van der Waals surface area contributed by atoms with E-state index in [-0.39, 0.29) is 11.9 Å². The number of nitrogens with zero attached hydrogens (tertiary/aromatic N) is 3. The van der Waals surface area contributed by atoms with Crippen LogP contribution in [0.5, 0.6) is 0 Å². The van der Waals surface area contributed by atoms with Gasteiger partial charge < -0.3 is 14.8 Å². The molecule has 1 aromatic carbocycles. The molecule has 5 rings (SSSR count). The zero-order valence-electron chi connectivity index (χ0n) is 18.2. The molecule has 0 aliphatic carbocycles. The van der Waals surface area contributed by atoms with E-state index in [4.69, 9.17) is 0 Å². The largest absolute Gasteiger partial charge is 0.344 e. The van der Waals surface area contributed by atoms with Crippen LogP contribution in [0.15, 0.2) is 30.5 Å². The van der Waals surface area contributed by atoms with Crippen LogP contribution in [-0.2, 0) is 4.79 Å². The summed E-state index contributed by atoms with van der Waals surface area (Å²) < 4.78 is 2.40. The fraction of sp³-hybridized carbons (Fsp3) is 0.583. The summed E-state index contributed by atoms with van der Waals surface area (Å²) in [7, 11) is 0. The average Bonchev–Trinajstić information content (AvgIpc) is 3.23. The minimum atomic E-state index is -0.321. The highest BCUT2D eigenvalue weighted by Crippen LogP contribution is 2.33. The van der Waals surface area contributed by atoms with Crippen LogP contribution in [0.1, 0.15) is 44.6 Å². The van der Waals surface area contributed by atoms with Crippen LogP contribution in [0.3, 0.4) is 0 Å². The maximum Gasteiger partial charge on any atom is 0.328 e. The molecule has 4 heterocycles. The second-order valence-corrected chi connectivity index (χ2v) is 9.24. The van der Waals surface area contributed by atoms with Gasteiger partial charge in [-0.05, 0) is 75.9 Å². The minimum Gasteiger partial charge on any atom is -0.344 e. The summed E-state index contributed by atoms with van der Waals surface area (Å²) in [5.41, 5.74) is 2.07. The Labute approximate surface area is 183 Å². The molecule has 166 valence electrons. The van der Waals surface area contributed by atoms with Crippen LogP contribution < -0.4 is 15.5 Å². The Morgan fingerprint density at radius 3 is 2.55 bits per heavy atom. The molecule has 3 aliphatic heterocycles. The highest BCUT2D eigenvalue weighted by Gasteiger charge is 2.27. The highest BCUT2D eigenvalue weighted by molar-refractivity contribution is 6.09. The fourth-order valence-corrected chi connectivity index (χ4v) is 5.48. The molecule has 0 atom stereocenters.